The van der Waals surface area contributed by atoms with Crippen LogP contribution in [0.2, 0.25) is 0 Å². The lowest BCUT2D eigenvalue weighted by atomic mass is 9.80. The fourth-order valence-corrected chi connectivity index (χ4v) is 3.12. The first kappa shape index (κ1) is 16.0. The minimum absolute atomic E-state index is 0.284. The highest BCUT2D eigenvalue weighted by molar-refractivity contribution is 5.90. The third-order valence-electron chi connectivity index (χ3n) is 4.55. The Kier molecular flexibility index (Phi) is 5.79. The summed E-state index contributed by atoms with van der Waals surface area (Å²) in [4.78, 5) is 11.9. The van der Waals surface area contributed by atoms with Crippen LogP contribution in [0.3, 0.4) is 0 Å². The number of esters is 1. The van der Waals surface area contributed by atoms with E-state index in [1.165, 1.54) is 25.7 Å². The van der Waals surface area contributed by atoms with Gasteiger partial charge in [-0.3, -0.25) is 4.68 Å². The molecule has 1 aromatic heterocycles. The van der Waals surface area contributed by atoms with Crippen molar-refractivity contribution in [3.05, 3.63) is 17.5 Å². The van der Waals surface area contributed by atoms with Gasteiger partial charge in [-0.25, -0.2) is 4.79 Å². The van der Waals surface area contributed by atoms with Crippen LogP contribution < -0.4 is 5.32 Å². The molecule has 1 aliphatic carbocycles. The van der Waals surface area contributed by atoms with Crippen LogP contribution >= 0.6 is 0 Å². The second-order valence-electron chi connectivity index (χ2n) is 6.00. The molecule has 5 heteroatoms. The zero-order chi connectivity index (χ0) is 15.2. The van der Waals surface area contributed by atoms with E-state index in [4.69, 9.17) is 4.74 Å². The smallest absolute Gasteiger partial charge is 0.341 e. The Labute approximate surface area is 127 Å². The molecule has 0 bridgehead atoms. The summed E-state index contributed by atoms with van der Waals surface area (Å²) in [6, 6.07) is 0. The average Bonchev–Trinajstić information content (AvgIpc) is 2.83. The number of carbonyl (C=O) groups is 1. The van der Waals surface area contributed by atoms with Gasteiger partial charge >= 0.3 is 5.97 Å². The van der Waals surface area contributed by atoms with Crippen LogP contribution in [0.15, 0.2) is 6.20 Å². The van der Waals surface area contributed by atoms with E-state index in [-0.39, 0.29) is 5.97 Å². The van der Waals surface area contributed by atoms with Gasteiger partial charge in [-0.2, -0.15) is 5.10 Å². The normalized spacial score (nSPS) is 22.2. The number of aryl methyl sites for hydroxylation is 1. The molecule has 2 rings (SSSR count). The maximum atomic E-state index is 11.9. The van der Waals surface area contributed by atoms with Crippen LogP contribution in [-0.4, -0.2) is 28.9 Å². The Balaban J connectivity index is 1.90. The first-order chi connectivity index (χ1) is 10.1. The van der Waals surface area contributed by atoms with E-state index in [0.717, 1.165) is 24.1 Å². The third kappa shape index (κ3) is 4.06. The van der Waals surface area contributed by atoms with E-state index >= 15 is 0 Å². The van der Waals surface area contributed by atoms with Crippen LogP contribution in [-0.2, 0) is 18.3 Å². The summed E-state index contributed by atoms with van der Waals surface area (Å²) >= 11 is 0. The molecule has 1 heterocycles. The molecule has 118 valence electrons. The molecule has 0 amide bonds. The molecule has 1 saturated carbocycles. The fourth-order valence-electron chi connectivity index (χ4n) is 3.12. The Hall–Kier alpha value is -1.36. The summed E-state index contributed by atoms with van der Waals surface area (Å²) in [6.45, 7) is 6.22. The first-order valence-corrected chi connectivity index (χ1v) is 8.02. The van der Waals surface area contributed by atoms with Gasteiger partial charge in [0.05, 0.1) is 18.5 Å². The highest BCUT2D eigenvalue weighted by Crippen LogP contribution is 2.28. The number of rotatable bonds is 6. The number of nitrogens with zero attached hydrogens (tertiary/aromatic N) is 2. The monoisotopic (exact) mass is 293 g/mol. The van der Waals surface area contributed by atoms with Crippen molar-refractivity contribution in [1.29, 1.82) is 0 Å². The molecule has 2 atom stereocenters. The van der Waals surface area contributed by atoms with Crippen LogP contribution in [0.25, 0.3) is 0 Å². The standard InChI is InChI=1S/C16H27N3O2/c1-4-21-16(20)14-10-18-19(3)15(14)11-17-9-13-8-6-5-7-12(13)2/h10,12-13,17H,4-9,11H2,1-3H3. The van der Waals surface area contributed by atoms with E-state index in [1.54, 1.807) is 10.9 Å². The van der Waals surface area contributed by atoms with E-state index in [1.807, 2.05) is 14.0 Å². The van der Waals surface area contributed by atoms with Crippen molar-refractivity contribution in [3.63, 3.8) is 0 Å². The molecule has 1 aliphatic rings. The lowest BCUT2D eigenvalue weighted by Gasteiger charge is -2.28. The van der Waals surface area contributed by atoms with Crippen molar-refractivity contribution in [1.82, 2.24) is 15.1 Å². The second-order valence-corrected chi connectivity index (χ2v) is 6.00. The minimum Gasteiger partial charge on any atom is -0.462 e. The molecule has 0 aromatic carbocycles. The Morgan fingerprint density at radius 2 is 2.24 bits per heavy atom. The van der Waals surface area contributed by atoms with Crippen molar-refractivity contribution in [2.45, 2.75) is 46.1 Å². The maximum absolute atomic E-state index is 11.9. The molecule has 0 spiro atoms. The highest BCUT2D eigenvalue weighted by atomic mass is 16.5. The van der Waals surface area contributed by atoms with Crippen LogP contribution in [0.4, 0.5) is 0 Å². The zero-order valence-electron chi connectivity index (χ0n) is 13.4. The number of hydrogen-bond acceptors (Lipinski definition) is 4. The SMILES string of the molecule is CCOC(=O)c1cnn(C)c1CNCC1CCCCC1C. The van der Waals surface area contributed by atoms with Gasteiger partial charge in [-0.15, -0.1) is 0 Å². The fraction of sp³-hybridized carbons (Fsp3) is 0.750. The summed E-state index contributed by atoms with van der Waals surface area (Å²) in [5.41, 5.74) is 1.47. The summed E-state index contributed by atoms with van der Waals surface area (Å²) in [6.07, 6.45) is 6.96. The molecular formula is C16H27N3O2. The molecule has 0 saturated heterocycles. The number of ether oxygens (including phenoxy) is 1. The number of aromatic nitrogens is 2. The van der Waals surface area contributed by atoms with E-state index < -0.39 is 0 Å². The molecule has 21 heavy (non-hydrogen) atoms. The maximum Gasteiger partial charge on any atom is 0.341 e. The largest absolute Gasteiger partial charge is 0.462 e. The molecular weight excluding hydrogens is 266 g/mol. The predicted molar refractivity (Wildman–Crippen MR) is 82.0 cm³/mol. The lowest BCUT2D eigenvalue weighted by Crippen LogP contribution is -2.30. The van der Waals surface area contributed by atoms with Crippen molar-refractivity contribution in [3.8, 4) is 0 Å². The van der Waals surface area contributed by atoms with Crippen molar-refractivity contribution in [2.75, 3.05) is 13.2 Å². The number of carbonyl (C=O) groups excluding carboxylic acids is 1. The van der Waals surface area contributed by atoms with Gasteiger partial charge in [0, 0.05) is 13.6 Å². The molecule has 1 N–H and O–H groups in total. The first-order valence-electron chi connectivity index (χ1n) is 8.02. The van der Waals surface area contributed by atoms with Gasteiger partial charge in [0.15, 0.2) is 0 Å². The molecule has 2 unspecified atom stereocenters. The predicted octanol–water partition coefficient (Wildman–Crippen LogP) is 2.51. The topological polar surface area (TPSA) is 56.1 Å². The molecule has 1 fully saturated rings. The van der Waals surface area contributed by atoms with Gasteiger partial charge in [0.2, 0.25) is 0 Å². The van der Waals surface area contributed by atoms with E-state index in [2.05, 4.69) is 17.3 Å². The van der Waals surface area contributed by atoms with Crippen LogP contribution in [0.5, 0.6) is 0 Å². The molecule has 1 aromatic rings. The van der Waals surface area contributed by atoms with Crippen molar-refractivity contribution >= 4 is 5.97 Å². The highest BCUT2D eigenvalue weighted by Gasteiger charge is 2.22. The lowest BCUT2D eigenvalue weighted by molar-refractivity contribution is 0.0524. The van der Waals surface area contributed by atoms with Crippen molar-refractivity contribution in [2.24, 2.45) is 18.9 Å². The summed E-state index contributed by atoms with van der Waals surface area (Å²) in [7, 11) is 1.86. The van der Waals surface area contributed by atoms with E-state index in [0.29, 0.717) is 18.7 Å². The Bertz CT molecular complexity index is 470. The van der Waals surface area contributed by atoms with Gasteiger partial charge in [-0.05, 0) is 31.7 Å². The third-order valence-corrected chi connectivity index (χ3v) is 4.55. The Morgan fingerprint density at radius 3 is 2.95 bits per heavy atom. The average molecular weight is 293 g/mol. The van der Waals surface area contributed by atoms with Crippen LogP contribution in [0.1, 0.15) is 55.6 Å². The minimum atomic E-state index is -0.284. The summed E-state index contributed by atoms with van der Waals surface area (Å²) in [5, 5.41) is 7.67. The quantitative estimate of drug-likeness (QED) is 0.819. The zero-order valence-corrected chi connectivity index (χ0v) is 13.4. The van der Waals surface area contributed by atoms with Gasteiger partial charge in [0.1, 0.15) is 5.56 Å². The molecule has 0 aliphatic heterocycles. The van der Waals surface area contributed by atoms with E-state index in [9.17, 15) is 4.79 Å². The van der Waals surface area contributed by atoms with Crippen LogP contribution in [0, 0.1) is 11.8 Å². The number of nitrogens with one attached hydrogen (secondary N) is 1. The second kappa shape index (κ2) is 7.59. The Morgan fingerprint density at radius 1 is 1.48 bits per heavy atom. The van der Waals surface area contributed by atoms with Gasteiger partial charge in [0.25, 0.3) is 0 Å². The molecule has 5 nitrogen and oxygen atoms in total. The van der Waals surface area contributed by atoms with Gasteiger partial charge in [-0.1, -0.05) is 26.2 Å². The molecule has 0 radical (unpaired) electrons. The van der Waals surface area contributed by atoms with Crippen molar-refractivity contribution < 1.29 is 9.53 Å². The van der Waals surface area contributed by atoms with Gasteiger partial charge < -0.3 is 10.1 Å². The summed E-state index contributed by atoms with van der Waals surface area (Å²) in [5.74, 6) is 1.26. The summed E-state index contributed by atoms with van der Waals surface area (Å²) < 4.78 is 6.83. The number of hydrogen-bond donors (Lipinski definition) is 1.